The molecule has 0 aromatic rings. The Morgan fingerprint density at radius 3 is 2.71 bits per heavy atom. The summed E-state index contributed by atoms with van der Waals surface area (Å²) in [4.78, 5) is 19.1. The molecule has 1 spiro atoms. The molecule has 3 heterocycles. The minimum Gasteiger partial charge on any atom is -0.377 e. The van der Waals surface area contributed by atoms with Crippen LogP contribution in [0.15, 0.2) is 0 Å². The van der Waals surface area contributed by atoms with E-state index in [1.807, 2.05) is 9.80 Å². The number of urea groups is 1. The van der Waals surface area contributed by atoms with Gasteiger partial charge in [0.2, 0.25) is 0 Å². The first-order valence-electron chi connectivity index (χ1n) is 9.45. The standard InChI is InChI=1S/C18H33N3O3/c1-15(2)19(3)11-16-10-18(24-12-16)13-21(8-9-23-14-18)17(22)20-6-4-5-7-20/h15-16H,4-14H2,1-3H3/t16-,18+/m1/s1. The topological polar surface area (TPSA) is 45.3 Å². The summed E-state index contributed by atoms with van der Waals surface area (Å²) in [6, 6.07) is 0.712. The van der Waals surface area contributed by atoms with Crippen LogP contribution in [0.25, 0.3) is 0 Å². The summed E-state index contributed by atoms with van der Waals surface area (Å²) < 4.78 is 12.1. The molecular formula is C18H33N3O3. The van der Waals surface area contributed by atoms with Crippen LogP contribution in [-0.2, 0) is 9.47 Å². The number of rotatable bonds is 3. The van der Waals surface area contributed by atoms with Crippen LogP contribution < -0.4 is 0 Å². The van der Waals surface area contributed by atoms with Crippen LogP contribution in [0, 0.1) is 5.92 Å². The van der Waals surface area contributed by atoms with Crippen molar-refractivity contribution in [3.63, 3.8) is 0 Å². The number of hydrogen-bond donors (Lipinski definition) is 0. The van der Waals surface area contributed by atoms with Gasteiger partial charge in [-0.1, -0.05) is 0 Å². The maximum Gasteiger partial charge on any atom is 0.320 e. The number of carbonyl (C=O) groups is 1. The molecule has 3 rings (SSSR count). The lowest BCUT2D eigenvalue weighted by molar-refractivity contribution is -0.0537. The molecule has 0 radical (unpaired) electrons. The van der Waals surface area contributed by atoms with E-state index in [1.165, 1.54) is 0 Å². The van der Waals surface area contributed by atoms with Crippen LogP contribution in [0.4, 0.5) is 4.79 Å². The molecule has 6 heteroatoms. The van der Waals surface area contributed by atoms with E-state index in [1.54, 1.807) is 0 Å². The van der Waals surface area contributed by atoms with Crippen molar-refractivity contribution in [2.24, 2.45) is 5.92 Å². The van der Waals surface area contributed by atoms with Crippen LogP contribution in [-0.4, -0.2) is 92.0 Å². The summed E-state index contributed by atoms with van der Waals surface area (Å²) in [5.41, 5.74) is -0.311. The highest BCUT2D eigenvalue weighted by molar-refractivity contribution is 5.74. The molecule has 3 aliphatic rings. The Morgan fingerprint density at radius 2 is 2.00 bits per heavy atom. The van der Waals surface area contributed by atoms with E-state index in [0.29, 0.717) is 38.3 Å². The molecule has 6 nitrogen and oxygen atoms in total. The summed E-state index contributed by atoms with van der Waals surface area (Å²) in [6.07, 6.45) is 3.23. The third-order valence-corrected chi connectivity index (χ3v) is 5.71. The molecule has 3 aliphatic heterocycles. The van der Waals surface area contributed by atoms with Gasteiger partial charge in [0, 0.05) is 32.2 Å². The Morgan fingerprint density at radius 1 is 1.25 bits per heavy atom. The van der Waals surface area contributed by atoms with Gasteiger partial charge in [-0.3, -0.25) is 0 Å². The van der Waals surface area contributed by atoms with Crippen molar-refractivity contribution in [2.75, 3.05) is 59.6 Å². The third kappa shape index (κ3) is 4.03. The largest absolute Gasteiger partial charge is 0.377 e. The molecule has 0 bridgehead atoms. The minimum absolute atomic E-state index is 0.170. The van der Waals surface area contributed by atoms with Gasteiger partial charge in [0.1, 0.15) is 5.60 Å². The van der Waals surface area contributed by atoms with Crippen LogP contribution >= 0.6 is 0 Å². The van der Waals surface area contributed by atoms with Crippen molar-refractivity contribution in [1.82, 2.24) is 14.7 Å². The number of hydrogen-bond acceptors (Lipinski definition) is 4. The van der Waals surface area contributed by atoms with Gasteiger partial charge < -0.3 is 24.2 Å². The smallest absolute Gasteiger partial charge is 0.320 e. The minimum atomic E-state index is -0.311. The summed E-state index contributed by atoms with van der Waals surface area (Å²) in [5, 5.41) is 0. The van der Waals surface area contributed by atoms with Gasteiger partial charge >= 0.3 is 6.03 Å². The Labute approximate surface area is 146 Å². The van der Waals surface area contributed by atoms with Crippen LogP contribution in [0.1, 0.15) is 33.1 Å². The van der Waals surface area contributed by atoms with Crippen molar-refractivity contribution < 1.29 is 14.3 Å². The lowest BCUT2D eigenvalue weighted by Crippen LogP contribution is -2.50. The Balaban J connectivity index is 1.61. The van der Waals surface area contributed by atoms with Crippen molar-refractivity contribution in [3.8, 4) is 0 Å². The second kappa shape index (κ2) is 7.58. The van der Waals surface area contributed by atoms with Gasteiger partial charge in [0.05, 0.1) is 26.4 Å². The number of nitrogens with zero attached hydrogens (tertiary/aromatic N) is 3. The van der Waals surface area contributed by atoms with Gasteiger partial charge in [-0.2, -0.15) is 0 Å². The average Bonchev–Trinajstić information content (AvgIpc) is 3.15. The first-order chi connectivity index (χ1) is 11.5. The van der Waals surface area contributed by atoms with E-state index in [2.05, 4.69) is 25.8 Å². The zero-order valence-corrected chi connectivity index (χ0v) is 15.5. The van der Waals surface area contributed by atoms with Crippen molar-refractivity contribution >= 4 is 6.03 Å². The quantitative estimate of drug-likeness (QED) is 0.784. The highest BCUT2D eigenvalue weighted by Gasteiger charge is 2.45. The zero-order valence-electron chi connectivity index (χ0n) is 15.5. The van der Waals surface area contributed by atoms with Crippen LogP contribution in [0.5, 0.6) is 0 Å². The molecule has 0 unspecified atom stereocenters. The van der Waals surface area contributed by atoms with E-state index in [0.717, 1.165) is 45.5 Å². The van der Waals surface area contributed by atoms with Crippen molar-refractivity contribution in [2.45, 2.75) is 44.8 Å². The molecule has 0 aromatic heterocycles. The Bertz CT molecular complexity index is 439. The lowest BCUT2D eigenvalue weighted by Gasteiger charge is -2.33. The SMILES string of the molecule is CC(C)N(C)C[C@@H]1CO[C@@]2(COCCN(C(=O)N3CCCC3)C2)C1. The summed E-state index contributed by atoms with van der Waals surface area (Å²) in [7, 11) is 2.17. The molecule has 3 saturated heterocycles. The first-order valence-corrected chi connectivity index (χ1v) is 9.45. The van der Waals surface area contributed by atoms with E-state index in [9.17, 15) is 4.79 Å². The highest BCUT2D eigenvalue weighted by Crippen LogP contribution is 2.33. The number of ether oxygens (including phenoxy) is 2. The molecule has 0 N–H and O–H groups in total. The molecule has 0 aromatic carbocycles. The number of amides is 2. The van der Waals surface area contributed by atoms with Crippen LogP contribution in [0.2, 0.25) is 0 Å². The molecule has 0 aliphatic carbocycles. The summed E-state index contributed by atoms with van der Waals surface area (Å²) in [6.45, 7) is 10.6. The fourth-order valence-electron chi connectivity index (χ4n) is 4.06. The van der Waals surface area contributed by atoms with E-state index >= 15 is 0 Å². The van der Waals surface area contributed by atoms with Crippen LogP contribution in [0.3, 0.4) is 0 Å². The number of likely N-dealkylation sites (tertiary alicyclic amines) is 1. The Hall–Kier alpha value is -0.850. The molecule has 0 saturated carbocycles. The van der Waals surface area contributed by atoms with Gasteiger partial charge in [0.15, 0.2) is 0 Å². The fraction of sp³-hybridized carbons (Fsp3) is 0.944. The predicted octanol–water partition coefficient (Wildman–Crippen LogP) is 1.65. The maximum atomic E-state index is 12.8. The average molecular weight is 339 g/mol. The molecular weight excluding hydrogens is 306 g/mol. The second-order valence-corrected chi connectivity index (χ2v) is 8.05. The molecule has 138 valence electrons. The molecule has 2 amide bonds. The van der Waals surface area contributed by atoms with E-state index in [4.69, 9.17) is 9.47 Å². The summed E-state index contributed by atoms with van der Waals surface area (Å²) in [5.74, 6) is 0.517. The van der Waals surface area contributed by atoms with E-state index in [-0.39, 0.29) is 11.6 Å². The third-order valence-electron chi connectivity index (χ3n) is 5.71. The first kappa shape index (κ1) is 18.0. The van der Waals surface area contributed by atoms with Gasteiger partial charge in [0.25, 0.3) is 0 Å². The molecule has 24 heavy (non-hydrogen) atoms. The second-order valence-electron chi connectivity index (χ2n) is 8.05. The highest BCUT2D eigenvalue weighted by atomic mass is 16.5. The van der Waals surface area contributed by atoms with Gasteiger partial charge in [-0.25, -0.2) is 4.79 Å². The van der Waals surface area contributed by atoms with Crippen molar-refractivity contribution in [1.29, 1.82) is 0 Å². The monoisotopic (exact) mass is 339 g/mol. The Kier molecular flexibility index (Phi) is 5.67. The zero-order chi connectivity index (χ0) is 17.2. The van der Waals surface area contributed by atoms with Crippen molar-refractivity contribution in [3.05, 3.63) is 0 Å². The van der Waals surface area contributed by atoms with Gasteiger partial charge in [-0.05, 0) is 46.1 Å². The number of carbonyl (C=O) groups excluding carboxylic acids is 1. The molecule has 3 fully saturated rings. The maximum absolute atomic E-state index is 12.8. The normalized spacial score (nSPS) is 31.5. The summed E-state index contributed by atoms with van der Waals surface area (Å²) >= 11 is 0. The van der Waals surface area contributed by atoms with E-state index < -0.39 is 0 Å². The lowest BCUT2D eigenvalue weighted by atomic mass is 9.93. The molecule has 2 atom stereocenters. The predicted molar refractivity (Wildman–Crippen MR) is 93.2 cm³/mol. The fourth-order valence-corrected chi connectivity index (χ4v) is 4.06. The van der Waals surface area contributed by atoms with Gasteiger partial charge in [-0.15, -0.1) is 0 Å².